The van der Waals surface area contributed by atoms with E-state index in [1.807, 2.05) is 0 Å². The molecule has 3 rings (SSSR count). The highest BCUT2D eigenvalue weighted by molar-refractivity contribution is 5.93. The predicted octanol–water partition coefficient (Wildman–Crippen LogP) is 1.60. The summed E-state index contributed by atoms with van der Waals surface area (Å²) < 4.78 is 5.04. The second-order valence-electron chi connectivity index (χ2n) is 5.35. The van der Waals surface area contributed by atoms with Gasteiger partial charge in [-0.25, -0.2) is 10.4 Å². The monoisotopic (exact) mass is 367 g/mol. The van der Waals surface area contributed by atoms with Crippen LogP contribution in [-0.2, 0) is 0 Å². The molecule has 0 unspecified atom stereocenters. The molecule has 0 saturated heterocycles. The quantitative estimate of drug-likeness (QED) is 0.399. The van der Waals surface area contributed by atoms with E-state index in [9.17, 15) is 19.7 Å². The van der Waals surface area contributed by atoms with E-state index in [-0.39, 0.29) is 22.4 Å². The maximum atomic E-state index is 12.1. The van der Waals surface area contributed by atoms with Crippen LogP contribution in [-0.4, -0.2) is 34.1 Å². The Morgan fingerprint density at radius 3 is 2.70 bits per heavy atom. The third-order valence-electron chi connectivity index (χ3n) is 3.61. The summed E-state index contributed by atoms with van der Waals surface area (Å²) in [7, 11) is 1.55. The van der Waals surface area contributed by atoms with E-state index in [0.717, 1.165) is 11.6 Å². The number of nitrogens with zero attached hydrogens (tertiary/aromatic N) is 3. The summed E-state index contributed by atoms with van der Waals surface area (Å²) in [6, 6.07) is 10.6. The summed E-state index contributed by atoms with van der Waals surface area (Å²) in [4.78, 5) is 40.7. The van der Waals surface area contributed by atoms with Crippen LogP contribution in [0.2, 0.25) is 0 Å². The van der Waals surface area contributed by atoms with Crippen LogP contribution in [0, 0.1) is 10.1 Å². The summed E-state index contributed by atoms with van der Waals surface area (Å²) in [6.45, 7) is 0. The van der Waals surface area contributed by atoms with Crippen molar-refractivity contribution >= 4 is 28.7 Å². The molecule has 1 heterocycles. The Bertz CT molecular complexity index is 1100. The zero-order chi connectivity index (χ0) is 19.4. The topological polar surface area (TPSA) is 140 Å². The Morgan fingerprint density at radius 2 is 2.04 bits per heavy atom. The third kappa shape index (κ3) is 3.95. The Morgan fingerprint density at radius 1 is 1.30 bits per heavy atom. The molecule has 0 aliphatic rings. The summed E-state index contributed by atoms with van der Waals surface area (Å²) in [6.07, 6.45) is 1.42. The van der Waals surface area contributed by atoms with Crippen molar-refractivity contribution in [3.8, 4) is 5.75 Å². The number of rotatable bonds is 5. The van der Waals surface area contributed by atoms with Gasteiger partial charge in [0, 0.05) is 12.1 Å². The number of amides is 1. The maximum Gasteiger partial charge on any atom is 0.307 e. The summed E-state index contributed by atoms with van der Waals surface area (Å²) in [5.74, 6) is -0.292. The predicted molar refractivity (Wildman–Crippen MR) is 97.1 cm³/mol. The highest BCUT2D eigenvalue weighted by Crippen LogP contribution is 2.16. The second-order valence-corrected chi connectivity index (χ2v) is 5.35. The fourth-order valence-electron chi connectivity index (χ4n) is 2.26. The van der Waals surface area contributed by atoms with Crippen molar-refractivity contribution in [1.29, 1.82) is 0 Å². The van der Waals surface area contributed by atoms with E-state index in [0.29, 0.717) is 5.75 Å². The zero-order valence-electron chi connectivity index (χ0n) is 14.0. The van der Waals surface area contributed by atoms with Crippen molar-refractivity contribution in [2.24, 2.45) is 5.10 Å². The van der Waals surface area contributed by atoms with Crippen molar-refractivity contribution in [2.75, 3.05) is 7.11 Å². The van der Waals surface area contributed by atoms with Gasteiger partial charge in [0.05, 0.1) is 29.2 Å². The summed E-state index contributed by atoms with van der Waals surface area (Å²) in [5.41, 5.74) is 2.24. The number of non-ortho nitro benzene ring substituents is 1. The molecule has 1 amide bonds. The van der Waals surface area contributed by atoms with Crippen LogP contribution in [0.1, 0.15) is 16.2 Å². The van der Waals surface area contributed by atoms with Gasteiger partial charge in [0.15, 0.2) is 0 Å². The number of hydrogen-bond acceptors (Lipinski definition) is 7. The van der Waals surface area contributed by atoms with Gasteiger partial charge in [-0.05, 0) is 35.9 Å². The number of hydrogen-bond donors (Lipinski definition) is 2. The molecular formula is C17H13N5O5. The first-order valence-corrected chi connectivity index (χ1v) is 7.64. The molecule has 0 radical (unpaired) electrons. The molecule has 0 spiro atoms. The standard InChI is InChI=1S/C17H13N5O5/c1-27-12-5-2-10(3-6-12)9-18-21-17(24)15-19-14-7-4-11(22(25)26)8-13(14)16(23)20-15/h2-9H,1H3,(H,21,24)(H,19,20,23)/b18-9-. The van der Waals surface area contributed by atoms with E-state index < -0.39 is 16.4 Å². The lowest BCUT2D eigenvalue weighted by Gasteiger charge is -2.02. The molecule has 2 aromatic carbocycles. The van der Waals surface area contributed by atoms with Crippen LogP contribution in [0.15, 0.2) is 52.4 Å². The van der Waals surface area contributed by atoms with E-state index >= 15 is 0 Å². The van der Waals surface area contributed by atoms with E-state index in [2.05, 4.69) is 20.5 Å². The lowest BCUT2D eigenvalue weighted by Crippen LogP contribution is -2.24. The van der Waals surface area contributed by atoms with Crippen LogP contribution in [0.25, 0.3) is 10.9 Å². The lowest BCUT2D eigenvalue weighted by atomic mass is 10.2. The van der Waals surface area contributed by atoms with Crippen molar-refractivity contribution in [3.63, 3.8) is 0 Å². The number of fused-ring (bicyclic) bond motifs is 1. The van der Waals surface area contributed by atoms with Gasteiger partial charge in [-0.1, -0.05) is 0 Å². The average Bonchev–Trinajstić information content (AvgIpc) is 2.68. The fraction of sp³-hybridized carbons (Fsp3) is 0.0588. The number of ether oxygens (including phenoxy) is 1. The lowest BCUT2D eigenvalue weighted by molar-refractivity contribution is -0.384. The molecule has 0 fully saturated rings. The molecule has 136 valence electrons. The highest BCUT2D eigenvalue weighted by atomic mass is 16.6. The van der Waals surface area contributed by atoms with Gasteiger partial charge >= 0.3 is 5.91 Å². The number of aromatic nitrogens is 2. The zero-order valence-corrected chi connectivity index (χ0v) is 14.0. The normalized spacial score (nSPS) is 10.9. The number of carbonyl (C=O) groups excluding carboxylic acids is 1. The average molecular weight is 367 g/mol. The molecule has 10 heteroatoms. The molecule has 0 aliphatic heterocycles. The third-order valence-corrected chi connectivity index (χ3v) is 3.61. The number of carbonyl (C=O) groups is 1. The van der Waals surface area contributed by atoms with Crippen LogP contribution >= 0.6 is 0 Å². The first kappa shape index (κ1) is 17.7. The number of aromatic amines is 1. The molecule has 10 nitrogen and oxygen atoms in total. The Kier molecular flexibility index (Phi) is 4.88. The smallest absolute Gasteiger partial charge is 0.307 e. The van der Waals surface area contributed by atoms with Gasteiger partial charge in [-0.3, -0.25) is 19.7 Å². The van der Waals surface area contributed by atoms with Crippen molar-refractivity contribution in [1.82, 2.24) is 15.4 Å². The number of methoxy groups -OCH3 is 1. The molecule has 2 N–H and O–H groups in total. The number of benzene rings is 2. The molecular weight excluding hydrogens is 354 g/mol. The van der Waals surface area contributed by atoms with Gasteiger partial charge in [-0.15, -0.1) is 0 Å². The number of hydrazone groups is 1. The van der Waals surface area contributed by atoms with E-state index in [1.165, 1.54) is 18.3 Å². The molecule has 1 aromatic heterocycles. The van der Waals surface area contributed by atoms with E-state index in [4.69, 9.17) is 4.74 Å². The minimum absolute atomic E-state index is 0.0162. The molecule has 3 aromatic rings. The number of H-pyrrole nitrogens is 1. The van der Waals surface area contributed by atoms with E-state index in [1.54, 1.807) is 31.4 Å². The van der Waals surface area contributed by atoms with Gasteiger partial charge < -0.3 is 9.72 Å². The van der Waals surface area contributed by atoms with Crippen molar-refractivity contribution in [3.05, 3.63) is 74.3 Å². The summed E-state index contributed by atoms with van der Waals surface area (Å²) >= 11 is 0. The fourth-order valence-corrected chi connectivity index (χ4v) is 2.26. The summed E-state index contributed by atoms with van der Waals surface area (Å²) in [5, 5.41) is 14.6. The SMILES string of the molecule is COc1ccc(/C=N\NC(=O)c2nc3ccc([N+](=O)[O-])cc3c(=O)[nH]2)cc1. The number of nitrogens with one attached hydrogen (secondary N) is 2. The van der Waals surface area contributed by atoms with Gasteiger partial charge in [-0.2, -0.15) is 5.10 Å². The first-order chi connectivity index (χ1) is 13.0. The van der Waals surface area contributed by atoms with Crippen molar-refractivity contribution < 1.29 is 14.5 Å². The largest absolute Gasteiger partial charge is 0.497 e. The van der Waals surface area contributed by atoms with Gasteiger partial charge in [0.2, 0.25) is 5.82 Å². The maximum absolute atomic E-state index is 12.1. The van der Waals surface area contributed by atoms with Crippen LogP contribution in [0.5, 0.6) is 5.75 Å². The first-order valence-electron chi connectivity index (χ1n) is 7.64. The number of nitro benzene ring substituents is 1. The number of nitro groups is 1. The molecule has 27 heavy (non-hydrogen) atoms. The minimum atomic E-state index is -0.725. The molecule has 0 bridgehead atoms. The van der Waals surface area contributed by atoms with Crippen LogP contribution in [0.3, 0.4) is 0 Å². The van der Waals surface area contributed by atoms with Crippen LogP contribution < -0.4 is 15.7 Å². The Balaban J connectivity index is 1.78. The Labute approximate surface area is 151 Å². The second kappa shape index (κ2) is 7.44. The molecule has 0 aliphatic carbocycles. The highest BCUT2D eigenvalue weighted by Gasteiger charge is 2.14. The van der Waals surface area contributed by atoms with Crippen molar-refractivity contribution in [2.45, 2.75) is 0 Å². The van der Waals surface area contributed by atoms with Crippen LogP contribution in [0.4, 0.5) is 5.69 Å². The Hall–Kier alpha value is -4.08. The van der Waals surface area contributed by atoms with Gasteiger partial charge in [0.1, 0.15) is 5.75 Å². The molecule has 0 saturated carbocycles. The molecule has 0 atom stereocenters. The van der Waals surface area contributed by atoms with Gasteiger partial charge in [0.25, 0.3) is 11.2 Å². The minimum Gasteiger partial charge on any atom is -0.497 e.